The van der Waals surface area contributed by atoms with Crippen molar-refractivity contribution in [2.24, 2.45) is 7.05 Å². The summed E-state index contributed by atoms with van der Waals surface area (Å²) in [6, 6.07) is 10.00. The van der Waals surface area contributed by atoms with E-state index in [9.17, 15) is 9.59 Å². The third kappa shape index (κ3) is 3.11. The number of aryl methyl sites for hydroxylation is 1. The number of aromatic nitrogens is 1. The number of nitrogens with zero attached hydrogens (tertiary/aromatic N) is 1. The Morgan fingerprint density at radius 3 is 2.54 bits per heavy atom. The summed E-state index contributed by atoms with van der Waals surface area (Å²) >= 11 is 6.17. The number of carbonyl (C=O) groups is 1. The van der Waals surface area contributed by atoms with Crippen molar-refractivity contribution in [1.82, 2.24) is 4.57 Å². The maximum Gasteiger partial charge on any atom is 0.261 e. The summed E-state index contributed by atoms with van der Waals surface area (Å²) in [5.74, 6) is 0.505. The van der Waals surface area contributed by atoms with Crippen LogP contribution in [0, 0.1) is 0 Å². The molecule has 0 spiro atoms. The minimum atomic E-state index is -0.514. The Morgan fingerprint density at radius 1 is 1.12 bits per heavy atom. The van der Waals surface area contributed by atoms with E-state index in [0.29, 0.717) is 33.1 Å². The van der Waals surface area contributed by atoms with Crippen molar-refractivity contribution in [3.05, 3.63) is 63.4 Å². The van der Waals surface area contributed by atoms with Gasteiger partial charge >= 0.3 is 0 Å². The lowest BCUT2D eigenvalue weighted by Gasteiger charge is -2.12. The van der Waals surface area contributed by atoms with Crippen molar-refractivity contribution in [1.29, 1.82) is 0 Å². The van der Waals surface area contributed by atoms with Crippen LogP contribution >= 0.6 is 11.6 Å². The zero-order valence-corrected chi connectivity index (χ0v) is 15.3. The third-order valence-corrected chi connectivity index (χ3v) is 4.34. The fourth-order valence-electron chi connectivity index (χ4n) is 2.79. The maximum atomic E-state index is 12.7. The summed E-state index contributed by atoms with van der Waals surface area (Å²) < 4.78 is 12.1. The molecule has 1 heterocycles. The molecule has 134 valence electrons. The van der Waals surface area contributed by atoms with E-state index in [1.165, 1.54) is 20.4 Å². The van der Waals surface area contributed by atoms with Crippen LogP contribution in [0.25, 0.3) is 10.9 Å². The number of hydrogen-bond donors (Lipinski definition) is 1. The largest absolute Gasteiger partial charge is 0.493 e. The number of fused-ring (bicyclic) bond motifs is 1. The molecular formula is C19H17ClN2O4. The van der Waals surface area contributed by atoms with Crippen molar-refractivity contribution in [2.75, 3.05) is 19.5 Å². The van der Waals surface area contributed by atoms with E-state index in [4.69, 9.17) is 21.1 Å². The first kappa shape index (κ1) is 17.8. The highest BCUT2D eigenvalue weighted by molar-refractivity contribution is 6.35. The smallest absolute Gasteiger partial charge is 0.261 e. The number of benzene rings is 2. The highest BCUT2D eigenvalue weighted by Gasteiger charge is 2.16. The predicted octanol–water partition coefficient (Wildman–Crippen LogP) is 3.46. The number of halogens is 1. The molecular weight excluding hydrogens is 356 g/mol. The molecule has 0 radical (unpaired) electrons. The van der Waals surface area contributed by atoms with Gasteiger partial charge in [0.15, 0.2) is 11.5 Å². The van der Waals surface area contributed by atoms with E-state index < -0.39 is 5.91 Å². The minimum Gasteiger partial charge on any atom is -0.493 e. The molecule has 0 saturated heterocycles. The molecule has 26 heavy (non-hydrogen) atoms. The predicted molar refractivity (Wildman–Crippen MR) is 102 cm³/mol. The van der Waals surface area contributed by atoms with Gasteiger partial charge in [0.1, 0.15) is 5.56 Å². The Hall–Kier alpha value is -2.99. The number of methoxy groups -OCH3 is 2. The van der Waals surface area contributed by atoms with Gasteiger partial charge in [0.05, 0.1) is 24.8 Å². The molecule has 0 aliphatic heterocycles. The van der Waals surface area contributed by atoms with Crippen LogP contribution in [0.4, 0.5) is 5.69 Å². The summed E-state index contributed by atoms with van der Waals surface area (Å²) in [6.45, 7) is 0. The first-order chi connectivity index (χ1) is 12.5. The SMILES string of the molecule is COc1ccc(NC(=O)c2cn(C)c3c(Cl)cccc3c2=O)cc1OC. The number of anilines is 1. The van der Waals surface area contributed by atoms with E-state index >= 15 is 0 Å². The maximum absolute atomic E-state index is 12.7. The number of pyridine rings is 1. The minimum absolute atomic E-state index is 0.0250. The van der Waals surface area contributed by atoms with E-state index in [1.807, 2.05) is 0 Å². The van der Waals surface area contributed by atoms with Crippen LogP contribution < -0.4 is 20.2 Å². The number of rotatable bonds is 4. The first-order valence-corrected chi connectivity index (χ1v) is 8.15. The van der Waals surface area contributed by atoms with Crippen LogP contribution in [-0.2, 0) is 7.05 Å². The van der Waals surface area contributed by atoms with Crippen LogP contribution in [0.15, 0.2) is 47.4 Å². The molecule has 2 aromatic carbocycles. The molecule has 0 aliphatic carbocycles. The van der Waals surface area contributed by atoms with E-state index in [1.54, 1.807) is 48.0 Å². The normalized spacial score (nSPS) is 10.6. The first-order valence-electron chi connectivity index (χ1n) is 7.77. The molecule has 0 saturated carbocycles. The quantitative estimate of drug-likeness (QED) is 0.761. The average molecular weight is 373 g/mol. The van der Waals surface area contributed by atoms with Gasteiger partial charge in [-0.3, -0.25) is 9.59 Å². The fourth-order valence-corrected chi connectivity index (χ4v) is 3.10. The van der Waals surface area contributed by atoms with Crippen molar-refractivity contribution >= 4 is 34.1 Å². The fraction of sp³-hybridized carbons (Fsp3) is 0.158. The van der Waals surface area contributed by atoms with Crippen LogP contribution in [-0.4, -0.2) is 24.7 Å². The van der Waals surface area contributed by atoms with Gasteiger partial charge in [-0.15, -0.1) is 0 Å². The molecule has 0 bridgehead atoms. The number of amides is 1. The van der Waals surface area contributed by atoms with Gasteiger partial charge in [-0.1, -0.05) is 17.7 Å². The van der Waals surface area contributed by atoms with Gasteiger partial charge < -0.3 is 19.4 Å². The molecule has 1 N–H and O–H groups in total. The van der Waals surface area contributed by atoms with Crippen LogP contribution in [0.5, 0.6) is 11.5 Å². The van der Waals surface area contributed by atoms with Crippen LogP contribution in [0.3, 0.4) is 0 Å². The Morgan fingerprint density at radius 2 is 1.85 bits per heavy atom. The van der Waals surface area contributed by atoms with Gasteiger partial charge in [-0.05, 0) is 24.3 Å². The van der Waals surface area contributed by atoms with Gasteiger partial charge in [-0.2, -0.15) is 0 Å². The van der Waals surface area contributed by atoms with E-state index in [0.717, 1.165) is 0 Å². The van der Waals surface area contributed by atoms with Crippen molar-refractivity contribution in [3.63, 3.8) is 0 Å². The summed E-state index contributed by atoms with van der Waals surface area (Å²) in [4.78, 5) is 25.4. The molecule has 1 aromatic heterocycles. The molecule has 3 aromatic rings. The van der Waals surface area contributed by atoms with Crippen molar-refractivity contribution in [2.45, 2.75) is 0 Å². The number of carbonyl (C=O) groups excluding carboxylic acids is 1. The Kier molecular flexibility index (Phi) is 4.86. The lowest BCUT2D eigenvalue weighted by molar-refractivity contribution is 0.102. The summed E-state index contributed by atoms with van der Waals surface area (Å²) in [5, 5.41) is 3.55. The van der Waals surface area contributed by atoms with E-state index in [2.05, 4.69) is 5.32 Å². The second-order valence-corrected chi connectivity index (χ2v) is 6.05. The number of ether oxygens (including phenoxy) is 2. The summed E-state index contributed by atoms with van der Waals surface area (Å²) in [5.41, 5.74) is 0.721. The lowest BCUT2D eigenvalue weighted by atomic mass is 10.1. The van der Waals surface area contributed by atoms with Gasteiger partial charge in [0, 0.05) is 30.4 Å². The second-order valence-electron chi connectivity index (χ2n) is 5.64. The molecule has 1 amide bonds. The molecule has 3 rings (SSSR count). The molecule has 7 heteroatoms. The molecule has 0 unspecified atom stereocenters. The topological polar surface area (TPSA) is 69.6 Å². The van der Waals surface area contributed by atoms with Gasteiger partial charge in [0.2, 0.25) is 5.43 Å². The Balaban J connectivity index is 2.01. The molecule has 0 fully saturated rings. The molecule has 6 nitrogen and oxygen atoms in total. The van der Waals surface area contributed by atoms with Crippen LogP contribution in [0.2, 0.25) is 5.02 Å². The standard InChI is InChI=1S/C19H17ClN2O4/c1-22-10-13(18(23)12-5-4-6-14(20)17(12)22)19(24)21-11-7-8-15(25-2)16(9-11)26-3/h4-10H,1-3H3,(H,21,24). The monoisotopic (exact) mass is 372 g/mol. The Labute approximate surface area is 154 Å². The molecule has 0 aliphatic rings. The number of para-hydroxylation sites is 1. The summed E-state index contributed by atoms with van der Waals surface area (Å²) in [7, 11) is 4.77. The number of hydrogen-bond acceptors (Lipinski definition) is 4. The van der Waals surface area contributed by atoms with Gasteiger partial charge in [-0.25, -0.2) is 0 Å². The van der Waals surface area contributed by atoms with Crippen molar-refractivity contribution in [3.8, 4) is 11.5 Å². The summed E-state index contributed by atoms with van der Waals surface area (Å²) in [6.07, 6.45) is 1.48. The Bertz CT molecular complexity index is 1060. The lowest BCUT2D eigenvalue weighted by Crippen LogP contribution is -2.23. The third-order valence-electron chi connectivity index (χ3n) is 4.04. The average Bonchev–Trinajstić information content (AvgIpc) is 2.64. The highest BCUT2D eigenvalue weighted by atomic mass is 35.5. The van der Waals surface area contributed by atoms with Crippen molar-refractivity contribution < 1.29 is 14.3 Å². The zero-order valence-electron chi connectivity index (χ0n) is 14.5. The highest BCUT2D eigenvalue weighted by Crippen LogP contribution is 2.30. The molecule has 0 atom stereocenters. The van der Waals surface area contributed by atoms with Crippen LogP contribution in [0.1, 0.15) is 10.4 Å². The second kappa shape index (κ2) is 7.09. The zero-order chi connectivity index (χ0) is 18.8. The van der Waals surface area contributed by atoms with Gasteiger partial charge in [0.25, 0.3) is 5.91 Å². The van der Waals surface area contributed by atoms with E-state index in [-0.39, 0.29) is 11.0 Å². The number of nitrogens with one attached hydrogen (secondary N) is 1.